The van der Waals surface area contributed by atoms with Gasteiger partial charge in [-0.25, -0.2) is 0 Å². The lowest BCUT2D eigenvalue weighted by molar-refractivity contribution is -0.389. The van der Waals surface area contributed by atoms with Gasteiger partial charge in [0.1, 0.15) is 5.69 Å². The smallest absolute Gasteiger partial charge is 0.398 e. The van der Waals surface area contributed by atoms with Crippen LogP contribution in [0.3, 0.4) is 0 Å². The van der Waals surface area contributed by atoms with E-state index in [1.165, 1.54) is 6.92 Å². The number of aromatic nitrogens is 1. The summed E-state index contributed by atoms with van der Waals surface area (Å²) < 4.78 is 40.1. The summed E-state index contributed by atoms with van der Waals surface area (Å²) in [5.41, 5.74) is -1.44. The molecule has 0 fully saturated rings. The van der Waals surface area contributed by atoms with Crippen molar-refractivity contribution in [2.45, 2.75) is 19.7 Å². The highest BCUT2D eigenvalue weighted by Gasteiger charge is 2.37. The molecule has 1 rings (SSSR count). The minimum Gasteiger partial charge on any atom is -0.398 e. The Morgan fingerprint density at radius 2 is 2.22 bits per heavy atom. The van der Waals surface area contributed by atoms with Gasteiger partial charge in [0, 0.05) is 11.8 Å². The van der Waals surface area contributed by atoms with E-state index in [0.29, 0.717) is 0 Å². The summed E-state index contributed by atoms with van der Waals surface area (Å²) in [7, 11) is 0. The van der Waals surface area contributed by atoms with Crippen molar-refractivity contribution in [3.63, 3.8) is 0 Å². The molecule has 1 heterocycles. The minimum atomic E-state index is -5.05. The number of halogens is 3. The Kier molecular flexibility index (Phi) is 3.70. The maximum atomic E-state index is 12.2. The van der Waals surface area contributed by atoms with Gasteiger partial charge in [-0.3, -0.25) is 15.1 Å². The van der Waals surface area contributed by atoms with Gasteiger partial charge in [-0.15, -0.1) is 13.2 Å². The van der Waals surface area contributed by atoms with E-state index in [0.717, 1.165) is 6.20 Å². The zero-order chi connectivity index (χ0) is 13.9. The van der Waals surface area contributed by atoms with Crippen LogP contribution in [0.25, 0.3) is 0 Å². The Hall–Kier alpha value is -2.37. The van der Waals surface area contributed by atoms with Gasteiger partial charge in [-0.05, 0) is 6.92 Å². The van der Waals surface area contributed by atoms with E-state index in [1.54, 1.807) is 6.07 Å². The highest BCUT2D eigenvalue weighted by molar-refractivity contribution is 5.54. The number of aryl methyl sites for hydroxylation is 1. The monoisotopic (exact) mass is 261 g/mol. The van der Waals surface area contributed by atoms with Crippen molar-refractivity contribution in [2.24, 2.45) is 0 Å². The fourth-order valence-corrected chi connectivity index (χ4v) is 1.25. The van der Waals surface area contributed by atoms with Gasteiger partial charge in [0.25, 0.3) is 0 Å². The molecule has 0 unspecified atom stereocenters. The van der Waals surface area contributed by atoms with Crippen LogP contribution in [0, 0.1) is 28.4 Å². The van der Waals surface area contributed by atoms with Crippen molar-refractivity contribution < 1.29 is 22.8 Å². The van der Waals surface area contributed by atoms with E-state index in [-0.39, 0.29) is 11.3 Å². The zero-order valence-electron chi connectivity index (χ0n) is 8.98. The molecule has 0 aliphatic rings. The van der Waals surface area contributed by atoms with Crippen LogP contribution in [0.5, 0.6) is 5.75 Å². The van der Waals surface area contributed by atoms with E-state index in [9.17, 15) is 23.3 Å². The highest BCUT2D eigenvalue weighted by atomic mass is 19.4. The first-order chi connectivity index (χ1) is 8.26. The van der Waals surface area contributed by atoms with Crippen LogP contribution < -0.4 is 4.74 Å². The Bertz CT molecular complexity index is 522. The van der Waals surface area contributed by atoms with Gasteiger partial charge < -0.3 is 4.74 Å². The lowest BCUT2D eigenvalue weighted by atomic mass is 10.2. The molecule has 1 aromatic rings. The van der Waals surface area contributed by atoms with Crippen LogP contribution in [0.2, 0.25) is 0 Å². The summed E-state index contributed by atoms with van der Waals surface area (Å²) in [5.74, 6) is -0.937. The average Bonchev–Trinajstić information content (AvgIpc) is 2.21. The van der Waals surface area contributed by atoms with Gasteiger partial charge in [0.15, 0.2) is 0 Å². The van der Waals surface area contributed by atoms with Crippen LogP contribution in [-0.4, -0.2) is 16.3 Å². The van der Waals surface area contributed by atoms with Gasteiger partial charge in [-0.2, -0.15) is 5.26 Å². The molecule has 0 aromatic carbocycles. The van der Waals surface area contributed by atoms with Crippen LogP contribution in [0.1, 0.15) is 11.3 Å². The van der Waals surface area contributed by atoms with Gasteiger partial charge in [0.05, 0.1) is 17.4 Å². The molecule has 0 aliphatic heterocycles. The third-order valence-electron chi connectivity index (χ3n) is 1.91. The molecule has 0 spiro atoms. The van der Waals surface area contributed by atoms with Crippen molar-refractivity contribution in [3.8, 4) is 11.8 Å². The van der Waals surface area contributed by atoms with E-state index >= 15 is 0 Å². The molecule has 0 amide bonds. The fraction of sp³-hybridized carbons (Fsp3) is 0.333. The second-order valence-corrected chi connectivity index (χ2v) is 3.21. The molecular weight excluding hydrogens is 255 g/mol. The fourth-order valence-electron chi connectivity index (χ4n) is 1.25. The first-order valence-electron chi connectivity index (χ1n) is 4.52. The predicted octanol–water partition coefficient (Wildman–Crippen LogP) is 2.26. The minimum absolute atomic E-state index is 0.138. The number of alkyl halides is 3. The average molecular weight is 261 g/mol. The van der Waals surface area contributed by atoms with Crippen LogP contribution >= 0.6 is 0 Å². The summed E-state index contributed by atoms with van der Waals surface area (Å²) in [4.78, 5) is 13.3. The summed E-state index contributed by atoms with van der Waals surface area (Å²) in [6.07, 6.45) is -4.55. The molecule has 18 heavy (non-hydrogen) atoms. The standard InChI is InChI=1S/C9H6F3N3O3/c1-5-4-14-6(2-3-13)7(15(16)17)8(5)18-9(10,11)12/h4H,2H2,1H3. The highest BCUT2D eigenvalue weighted by Crippen LogP contribution is 2.36. The van der Waals surface area contributed by atoms with E-state index in [2.05, 4.69) is 9.72 Å². The number of pyridine rings is 1. The van der Waals surface area contributed by atoms with Crippen LogP contribution in [0.15, 0.2) is 6.20 Å². The summed E-state index contributed by atoms with van der Waals surface area (Å²) >= 11 is 0. The van der Waals surface area contributed by atoms with Crippen LogP contribution in [-0.2, 0) is 6.42 Å². The molecule has 0 saturated heterocycles. The normalized spacial score (nSPS) is 10.8. The first-order valence-corrected chi connectivity index (χ1v) is 4.52. The summed E-state index contributed by atoms with van der Waals surface area (Å²) in [6.45, 7) is 1.19. The molecule has 0 atom stereocenters. The van der Waals surface area contributed by atoms with E-state index < -0.39 is 29.1 Å². The number of nitro groups is 1. The van der Waals surface area contributed by atoms with E-state index in [1.807, 2.05) is 0 Å². The molecule has 0 radical (unpaired) electrons. The molecular formula is C9H6F3N3O3. The third kappa shape index (κ3) is 3.07. The number of rotatable bonds is 3. The molecule has 1 aromatic heterocycles. The first kappa shape index (κ1) is 13.7. The van der Waals surface area contributed by atoms with Gasteiger partial charge >= 0.3 is 12.0 Å². The van der Waals surface area contributed by atoms with Gasteiger partial charge in [0.2, 0.25) is 5.75 Å². The zero-order valence-corrected chi connectivity index (χ0v) is 8.98. The number of hydrogen-bond acceptors (Lipinski definition) is 5. The summed E-state index contributed by atoms with van der Waals surface area (Å²) in [6, 6.07) is 1.59. The van der Waals surface area contributed by atoms with Crippen molar-refractivity contribution in [2.75, 3.05) is 0 Å². The molecule has 0 aliphatic carbocycles. The second kappa shape index (κ2) is 4.87. The molecule has 6 nitrogen and oxygen atoms in total. The quantitative estimate of drug-likeness (QED) is 0.615. The lowest BCUT2D eigenvalue weighted by Crippen LogP contribution is -2.19. The van der Waals surface area contributed by atoms with E-state index in [4.69, 9.17) is 5.26 Å². The third-order valence-corrected chi connectivity index (χ3v) is 1.91. The maximum Gasteiger partial charge on any atom is 0.573 e. The number of nitriles is 1. The Morgan fingerprint density at radius 1 is 1.61 bits per heavy atom. The molecule has 96 valence electrons. The van der Waals surface area contributed by atoms with Crippen molar-refractivity contribution >= 4 is 5.69 Å². The second-order valence-electron chi connectivity index (χ2n) is 3.21. The van der Waals surface area contributed by atoms with Crippen molar-refractivity contribution in [3.05, 3.63) is 27.6 Å². The van der Waals surface area contributed by atoms with Crippen molar-refractivity contribution in [1.29, 1.82) is 5.26 Å². The Labute approximate surface area is 98.8 Å². The van der Waals surface area contributed by atoms with Gasteiger partial charge in [-0.1, -0.05) is 0 Å². The number of nitrogens with zero attached hydrogens (tertiary/aromatic N) is 3. The topological polar surface area (TPSA) is 89.0 Å². The largest absolute Gasteiger partial charge is 0.573 e. The van der Waals surface area contributed by atoms with Crippen LogP contribution in [0.4, 0.5) is 18.9 Å². The molecule has 0 N–H and O–H groups in total. The molecule has 9 heteroatoms. The summed E-state index contributed by atoms with van der Waals surface area (Å²) in [5, 5.41) is 19.2. The Morgan fingerprint density at radius 3 is 2.67 bits per heavy atom. The lowest BCUT2D eigenvalue weighted by Gasteiger charge is -2.12. The Balaban J connectivity index is 3.42. The predicted molar refractivity (Wildman–Crippen MR) is 51.6 cm³/mol. The maximum absolute atomic E-state index is 12.2. The number of hydrogen-bond donors (Lipinski definition) is 0. The van der Waals surface area contributed by atoms with Crippen molar-refractivity contribution in [1.82, 2.24) is 4.98 Å². The number of ether oxygens (including phenoxy) is 1. The molecule has 0 bridgehead atoms. The molecule has 0 saturated carbocycles. The SMILES string of the molecule is Cc1cnc(CC#N)c([N+](=O)[O-])c1OC(F)(F)F.